The third-order valence-corrected chi connectivity index (χ3v) is 2.17. The molecule has 10 heavy (non-hydrogen) atoms. The van der Waals surface area contributed by atoms with Gasteiger partial charge in [0, 0.05) is 4.90 Å². The largest absolute Gasteiger partial charge is 0.768 e. The van der Waals surface area contributed by atoms with Crippen LogP contribution in [0.4, 0.5) is 0 Å². The fourth-order valence-corrected chi connectivity index (χ4v) is 1.32. The van der Waals surface area contributed by atoms with Gasteiger partial charge in [-0.3, -0.25) is 4.21 Å². The summed E-state index contributed by atoms with van der Waals surface area (Å²) in [4.78, 5) is 0.143. The average molecular weight is 176 g/mol. The van der Waals surface area contributed by atoms with Crippen molar-refractivity contribution in [1.82, 2.24) is 0 Å². The van der Waals surface area contributed by atoms with E-state index in [0.29, 0.717) is 0 Å². The van der Waals surface area contributed by atoms with Crippen molar-refractivity contribution in [1.29, 1.82) is 0 Å². The van der Waals surface area contributed by atoms with Crippen molar-refractivity contribution in [2.75, 3.05) is 0 Å². The van der Waals surface area contributed by atoms with Crippen LogP contribution >= 0.6 is 11.6 Å². The Bertz CT molecular complexity index is 262. The van der Waals surface area contributed by atoms with Crippen LogP contribution in [-0.4, -0.2) is 8.76 Å². The van der Waals surface area contributed by atoms with E-state index < -0.39 is 11.1 Å². The standard InChI is InChI=1S/C6H5ClO2S/c7-5-3-1-2-4-6(5)10(8)9/h1-4H,(H,8,9)/p-1. The SMILES string of the molecule is O=S([O-])c1ccccc1Cl. The molecular weight excluding hydrogens is 172 g/mol. The Hall–Kier alpha value is -0.380. The van der Waals surface area contributed by atoms with E-state index in [1.807, 2.05) is 0 Å². The van der Waals surface area contributed by atoms with Crippen LogP contribution in [0.3, 0.4) is 0 Å². The van der Waals surface area contributed by atoms with Gasteiger partial charge >= 0.3 is 0 Å². The van der Waals surface area contributed by atoms with Crippen molar-refractivity contribution in [3.05, 3.63) is 29.3 Å². The summed E-state index contributed by atoms with van der Waals surface area (Å²) in [5.74, 6) is 0. The average Bonchev–Trinajstić information content (AvgIpc) is 1.88. The lowest BCUT2D eigenvalue weighted by Gasteiger charge is -2.05. The molecule has 4 heteroatoms. The van der Waals surface area contributed by atoms with Crippen LogP contribution in [0.15, 0.2) is 29.2 Å². The van der Waals surface area contributed by atoms with Crippen molar-refractivity contribution in [2.45, 2.75) is 4.90 Å². The molecule has 1 atom stereocenters. The summed E-state index contributed by atoms with van der Waals surface area (Å²) in [5.41, 5.74) is 0. The van der Waals surface area contributed by atoms with Gasteiger partial charge in [0.05, 0.1) is 5.02 Å². The zero-order chi connectivity index (χ0) is 7.56. The van der Waals surface area contributed by atoms with Crippen LogP contribution in [0.1, 0.15) is 0 Å². The smallest absolute Gasteiger partial charge is 0.0555 e. The van der Waals surface area contributed by atoms with Crippen molar-refractivity contribution in [3.8, 4) is 0 Å². The van der Waals surface area contributed by atoms with E-state index in [2.05, 4.69) is 0 Å². The second-order valence-electron chi connectivity index (χ2n) is 1.67. The predicted molar refractivity (Wildman–Crippen MR) is 38.6 cm³/mol. The molecule has 0 aromatic heterocycles. The molecule has 0 saturated carbocycles. The van der Waals surface area contributed by atoms with Gasteiger partial charge < -0.3 is 4.55 Å². The first-order chi connectivity index (χ1) is 4.72. The van der Waals surface area contributed by atoms with Crippen molar-refractivity contribution >= 4 is 22.7 Å². The highest BCUT2D eigenvalue weighted by molar-refractivity contribution is 7.79. The molecule has 54 valence electrons. The molecule has 2 nitrogen and oxygen atoms in total. The predicted octanol–water partition coefficient (Wildman–Crippen LogP) is 1.58. The van der Waals surface area contributed by atoms with Crippen LogP contribution < -0.4 is 0 Å². The van der Waals surface area contributed by atoms with E-state index in [1.165, 1.54) is 12.1 Å². The summed E-state index contributed by atoms with van der Waals surface area (Å²) >= 11 is 3.30. The monoisotopic (exact) mass is 175 g/mol. The normalized spacial score (nSPS) is 13.0. The maximum absolute atomic E-state index is 10.3. The van der Waals surface area contributed by atoms with Gasteiger partial charge in [0.25, 0.3) is 0 Å². The second kappa shape index (κ2) is 3.14. The van der Waals surface area contributed by atoms with E-state index in [-0.39, 0.29) is 9.92 Å². The number of hydrogen-bond acceptors (Lipinski definition) is 2. The molecule has 1 aromatic rings. The van der Waals surface area contributed by atoms with Gasteiger partial charge in [-0.1, -0.05) is 23.7 Å². The van der Waals surface area contributed by atoms with Crippen LogP contribution in [0.25, 0.3) is 0 Å². The summed E-state index contributed by atoms with van der Waals surface area (Å²) in [6.45, 7) is 0. The molecule has 0 radical (unpaired) electrons. The number of rotatable bonds is 1. The lowest BCUT2D eigenvalue weighted by atomic mass is 10.4. The van der Waals surface area contributed by atoms with Crippen molar-refractivity contribution < 1.29 is 8.76 Å². The van der Waals surface area contributed by atoms with Crippen LogP contribution in [0.5, 0.6) is 0 Å². The topological polar surface area (TPSA) is 40.1 Å². The molecule has 0 aliphatic heterocycles. The molecule has 0 aliphatic rings. The summed E-state index contributed by atoms with van der Waals surface area (Å²) < 4.78 is 20.7. The molecule has 0 amide bonds. The van der Waals surface area contributed by atoms with Gasteiger partial charge in [0.2, 0.25) is 0 Å². The zero-order valence-electron chi connectivity index (χ0n) is 4.91. The molecule has 0 N–H and O–H groups in total. The van der Waals surface area contributed by atoms with Gasteiger partial charge in [-0.15, -0.1) is 0 Å². The van der Waals surface area contributed by atoms with E-state index in [1.54, 1.807) is 12.1 Å². The molecule has 0 heterocycles. The molecule has 0 spiro atoms. The highest BCUT2D eigenvalue weighted by Gasteiger charge is 1.95. The minimum atomic E-state index is -2.22. The molecule has 0 aliphatic carbocycles. The second-order valence-corrected chi connectivity index (χ2v) is 2.98. The Balaban J connectivity index is 3.15. The highest BCUT2D eigenvalue weighted by Crippen LogP contribution is 2.16. The third-order valence-electron chi connectivity index (χ3n) is 1.02. The fourth-order valence-electron chi connectivity index (χ4n) is 0.580. The van der Waals surface area contributed by atoms with Gasteiger partial charge in [-0.2, -0.15) is 0 Å². The first-order valence-corrected chi connectivity index (χ1v) is 4.01. The van der Waals surface area contributed by atoms with E-state index in [0.717, 1.165) is 0 Å². The van der Waals surface area contributed by atoms with Crippen molar-refractivity contribution in [3.63, 3.8) is 0 Å². The van der Waals surface area contributed by atoms with Crippen LogP contribution in [-0.2, 0) is 11.1 Å². The minimum absolute atomic E-state index is 0.143. The molecular formula is C6H4ClO2S-. The molecule has 1 aromatic carbocycles. The van der Waals surface area contributed by atoms with E-state index in [4.69, 9.17) is 11.6 Å². The molecule has 1 unspecified atom stereocenters. The maximum atomic E-state index is 10.3. The fraction of sp³-hybridized carbons (Fsp3) is 0. The van der Waals surface area contributed by atoms with Gasteiger partial charge in [0.15, 0.2) is 0 Å². The van der Waals surface area contributed by atoms with Gasteiger partial charge in [-0.25, -0.2) is 0 Å². The summed E-state index contributed by atoms with van der Waals surface area (Å²) in [6, 6.07) is 6.29. The molecule has 0 fully saturated rings. The lowest BCUT2D eigenvalue weighted by molar-refractivity contribution is 0.537. The Morgan fingerprint density at radius 3 is 2.40 bits per heavy atom. The summed E-state index contributed by atoms with van der Waals surface area (Å²) in [5, 5.41) is 0.260. The van der Waals surface area contributed by atoms with E-state index in [9.17, 15) is 8.76 Å². The van der Waals surface area contributed by atoms with Crippen LogP contribution in [0, 0.1) is 0 Å². The number of hydrogen-bond donors (Lipinski definition) is 0. The Kier molecular flexibility index (Phi) is 2.43. The molecule has 0 saturated heterocycles. The summed E-state index contributed by atoms with van der Waals surface area (Å²) in [6.07, 6.45) is 0. The summed E-state index contributed by atoms with van der Waals surface area (Å²) in [7, 11) is 0. The maximum Gasteiger partial charge on any atom is 0.0555 e. The number of benzene rings is 1. The Labute approximate surface area is 66.1 Å². The Morgan fingerprint density at radius 1 is 1.40 bits per heavy atom. The molecule has 1 rings (SSSR count). The quantitative estimate of drug-likeness (QED) is 0.608. The number of halogens is 1. The Morgan fingerprint density at radius 2 is 2.00 bits per heavy atom. The minimum Gasteiger partial charge on any atom is -0.768 e. The highest BCUT2D eigenvalue weighted by atomic mass is 35.5. The van der Waals surface area contributed by atoms with E-state index >= 15 is 0 Å². The first-order valence-electron chi connectivity index (χ1n) is 2.55. The third kappa shape index (κ3) is 1.56. The molecule has 0 bridgehead atoms. The lowest BCUT2D eigenvalue weighted by Crippen LogP contribution is -1.88. The first kappa shape index (κ1) is 7.72. The zero-order valence-corrected chi connectivity index (χ0v) is 6.48. The van der Waals surface area contributed by atoms with Gasteiger partial charge in [-0.05, 0) is 23.2 Å². The van der Waals surface area contributed by atoms with Gasteiger partial charge in [0.1, 0.15) is 0 Å². The van der Waals surface area contributed by atoms with Crippen molar-refractivity contribution in [2.24, 2.45) is 0 Å². The van der Waals surface area contributed by atoms with Crippen LogP contribution in [0.2, 0.25) is 5.02 Å².